The van der Waals surface area contributed by atoms with E-state index in [0.29, 0.717) is 0 Å². The third kappa shape index (κ3) is 4.13. The number of hydrogen-bond acceptors (Lipinski definition) is 3. The van der Waals surface area contributed by atoms with Gasteiger partial charge in [-0.2, -0.15) is 5.10 Å². The Balaban J connectivity index is 2.61. The van der Waals surface area contributed by atoms with Gasteiger partial charge in [0.25, 0.3) is 0 Å². The fraction of sp³-hybridized carbons (Fsp3) is 0.769. The van der Waals surface area contributed by atoms with Crippen LogP contribution in [0.3, 0.4) is 0 Å². The molecule has 1 heterocycles. The average Bonchev–Trinajstić information content (AvgIpc) is 2.52. The van der Waals surface area contributed by atoms with Crippen LogP contribution in [0.4, 0.5) is 0 Å². The normalized spacial score (nSPS) is 13.0. The van der Waals surface area contributed by atoms with Crippen molar-refractivity contribution >= 4 is 0 Å². The summed E-state index contributed by atoms with van der Waals surface area (Å²) in [6.45, 7) is 10.7. The van der Waals surface area contributed by atoms with Crippen LogP contribution in [0.2, 0.25) is 0 Å². The molecule has 1 unspecified atom stereocenters. The lowest BCUT2D eigenvalue weighted by atomic mass is 10.1. The van der Waals surface area contributed by atoms with Crippen LogP contribution >= 0.6 is 0 Å². The first-order chi connectivity index (χ1) is 8.06. The van der Waals surface area contributed by atoms with Crippen LogP contribution < -0.4 is 5.73 Å². The van der Waals surface area contributed by atoms with Gasteiger partial charge in [-0.1, -0.05) is 6.92 Å². The molecule has 0 saturated heterocycles. The minimum absolute atomic E-state index is 0.182. The Morgan fingerprint density at radius 2 is 2.06 bits per heavy atom. The molecule has 0 aliphatic carbocycles. The molecule has 0 amide bonds. The Hall–Kier alpha value is -0.870. The molecule has 2 N–H and O–H groups in total. The van der Waals surface area contributed by atoms with Crippen molar-refractivity contribution in [3.63, 3.8) is 0 Å². The summed E-state index contributed by atoms with van der Waals surface area (Å²) in [6.07, 6.45) is 1.96. The molecular weight excluding hydrogens is 214 g/mol. The van der Waals surface area contributed by atoms with Crippen molar-refractivity contribution in [3.05, 3.63) is 17.0 Å². The summed E-state index contributed by atoms with van der Waals surface area (Å²) < 4.78 is 7.52. The number of ether oxygens (including phenoxy) is 1. The maximum absolute atomic E-state index is 5.85. The molecule has 0 radical (unpaired) electrons. The first kappa shape index (κ1) is 14.2. The largest absolute Gasteiger partial charge is 0.380 e. The maximum atomic E-state index is 5.85. The van der Waals surface area contributed by atoms with Crippen molar-refractivity contribution in [1.82, 2.24) is 9.78 Å². The molecule has 1 rings (SSSR count). The van der Waals surface area contributed by atoms with E-state index in [1.807, 2.05) is 18.5 Å². The lowest BCUT2D eigenvalue weighted by Gasteiger charge is -2.07. The van der Waals surface area contributed by atoms with E-state index in [9.17, 15) is 0 Å². The standard InChI is InChI=1S/C13H25N3O/c1-5-7-17-8-6-16-12(4)13(9-10(2)14)11(3)15-16/h10H,5-9,14H2,1-4H3. The lowest BCUT2D eigenvalue weighted by Crippen LogP contribution is -2.18. The first-order valence-electron chi connectivity index (χ1n) is 6.42. The third-order valence-electron chi connectivity index (χ3n) is 2.85. The van der Waals surface area contributed by atoms with Crippen LogP contribution in [-0.2, 0) is 17.7 Å². The third-order valence-corrected chi connectivity index (χ3v) is 2.85. The predicted molar refractivity (Wildman–Crippen MR) is 70.2 cm³/mol. The number of rotatable bonds is 7. The van der Waals surface area contributed by atoms with E-state index < -0.39 is 0 Å². The van der Waals surface area contributed by atoms with Crippen LogP contribution in [0.25, 0.3) is 0 Å². The van der Waals surface area contributed by atoms with Gasteiger partial charge < -0.3 is 10.5 Å². The Morgan fingerprint density at radius 1 is 1.35 bits per heavy atom. The van der Waals surface area contributed by atoms with E-state index in [-0.39, 0.29) is 6.04 Å². The molecule has 0 aliphatic heterocycles. The van der Waals surface area contributed by atoms with Crippen LogP contribution in [0.1, 0.15) is 37.2 Å². The van der Waals surface area contributed by atoms with Crippen molar-refractivity contribution in [1.29, 1.82) is 0 Å². The highest BCUT2D eigenvalue weighted by Crippen LogP contribution is 2.14. The van der Waals surface area contributed by atoms with E-state index in [4.69, 9.17) is 10.5 Å². The second-order valence-electron chi connectivity index (χ2n) is 4.67. The van der Waals surface area contributed by atoms with Crippen molar-refractivity contribution in [2.24, 2.45) is 5.73 Å². The van der Waals surface area contributed by atoms with Crippen LogP contribution in [0.15, 0.2) is 0 Å². The number of aromatic nitrogens is 2. The number of hydrogen-bond donors (Lipinski definition) is 1. The van der Waals surface area contributed by atoms with Gasteiger partial charge in [-0.05, 0) is 39.2 Å². The van der Waals surface area contributed by atoms with Crippen LogP contribution in [0, 0.1) is 13.8 Å². The topological polar surface area (TPSA) is 53.1 Å². The highest BCUT2D eigenvalue weighted by atomic mass is 16.5. The molecule has 0 bridgehead atoms. The van der Waals surface area contributed by atoms with Gasteiger partial charge in [0.15, 0.2) is 0 Å². The first-order valence-corrected chi connectivity index (χ1v) is 6.42. The molecule has 0 aromatic carbocycles. The van der Waals surface area contributed by atoms with Crippen molar-refractivity contribution < 1.29 is 4.74 Å². The summed E-state index contributed by atoms with van der Waals surface area (Å²) in [5.74, 6) is 0. The van der Waals surface area contributed by atoms with Gasteiger partial charge in [0, 0.05) is 18.3 Å². The molecule has 0 aliphatic rings. The van der Waals surface area contributed by atoms with Crippen molar-refractivity contribution in [2.45, 2.75) is 53.1 Å². The monoisotopic (exact) mass is 239 g/mol. The lowest BCUT2D eigenvalue weighted by molar-refractivity contribution is 0.124. The molecule has 98 valence electrons. The molecule has 1 aromatic heterocycles. The molecule has 1 aromatic rings. The minimum Gasteiger partial charge on any atom is -0.380 e. The maximum Gasteiger partial charge on any atom is 0.0662 e. The van der Waals surface area contributed by atoms with Gasteiger partial charge >= 0.3 is 0 Å². The van der Waals surface area contributed by atoms with Gasteiger partial charge in [-0.3, -0.25) is 4.68 Å². The summed E-state index contributed by atoms with van der Waals surface area (Å²) in [6, 6.07) is 0.182. The van der Waals surface area contributed by atoms with Gasteiger partial charge in [0.05, 0.1) is 18.8 Å². The summed E-state index contributed by atoms with van der Waals surface area (Å²) >= 11 is 0. The summed E-state index contributed by atoms with van der Waals surface area (Å²) in [7, 11) is 0. The fourth-order valence-corrected chi connectivity index (χ4v) is 1.97. The predicted octanol–water partition coefficient (Wildman–Crippen LogP) is 1.82. The fourth-order valence-electron chi connectivity index (χ4n) is 1.97. The van der Waals surface area contributed by atoms with E-state index in [2.05, 4.69) is 18.9 Å². The Bertz CT molecular complexity index is 345. The number of nitrogens with two attached hydrogens (primary N) is 1. The zero-order valence-electron chi connectivity index (χ0n) is 11.5. The quantitative estimate of drug-likeness (QED) is 0.738. The highest BCUT2D eigenvalue weighted by Gasteiger charge is 2.12. The van der Waals surface area contributed by atoms with Gasteiger partial charge in [0.2, 0.25) is 0 Å². The zero-order chi connectivity index (χ0) is 12.8. The number of aryl methyl sites for hydroxylation is 1. The molecule has 17 heavy (non-hydrogen) atoms. The van der Waals surface area contributed by atoms with Gasteiger partial charge in [-0.15, -0.1) is 0 Å². The van der Waals surface area contributed by atoms with Crippen LogP contribution in [-0.4, -0.2) is 29.0 Å². The molecule has 0 fully saturated rings. The zero-order valence-corrected chi connectivity index (χ0v) is 11.5. The Morgan fingerprint density at radius 3 is 2.65 bits per heavy atom. The second kappa shape index (κ2) is 6.77. The SMILES string of the molecule is CCCOCCn1nc(C)c(CC(C)N)c1C. The van der Waals surface area contributed by atoms with E-state index in [1.165, 1.54) is 11.3 Å². The molecule has 0 spiro atoms. The number of nitrogens with zero attached hydrogens (tertiary/aromatic N) is 2. The smallest absolute Gasteiger partial charge is 0.0662 e. The van der Waals surface area contributed by atoms with Crippen LogP contribution in [0.5, 0.6) is 0 Å². The van der Waals surface area contributed by atoms with Crippen molar-refractivity contribution in [3.8, 4) is 0 Å². The van der Waals surface area contributed by atoms with Gasteiger partial charge in [0.1, 0.15) is 0 Å². The molecule has 4 nitrogen and oxygen atoms in total. The van der Waals surface area contributed by atoms with E-state index in [1.54, 1.807) is 0 Å². The molecular formula is C13H25N3O. The average molecular weight is 239 g/mol. The summed E-state index contributed by atoms with van der Waals surface area (Å²) in [5, 5.41) is 4.54. The second-order valence-corrected chi connectivity index (χ2v) is 4.67. The summed E-state index contributed by atoms with van der Waals surface area (Å²) in [4.78, 5) is 0. The van der Waals surface area contributed by atoms with E-state index >= 15 is 0 Å². The summed E-state index contributed by atoms with van der Waals surface area (Å²) in [5.41, 5.74) is 9.45. The Kier molecular flexibility index (Phi) is 5.65. The highest BCUT2D eigenvalue weighted by molar-refractivity contribution is 5.25. The van der Waals surface area contributed by atoms with Gasteiger partial charge in [-0.25, -0.2) is 0 Å². The minimum atomic E-state index is 0.182. The van der Waals surface area contributed by atoms with E-state index in [0.717, 1.165) is 38.3 Å². The Labute approximate surface area is 104 Å². The molecule has 1 atom stereocenters. The molecule has 4 heteroatoms. The molecule has 0 saturated carbocycles. The van der Waals surface area contributed by atoms with Crippen molar-refractivity contribution in [2.75, 3.05) is 13.2 Å².